The van der Waals surface area contributed by atoms with Crippen molar-refractivity contribution in [2.75, 3.05) is 13.1 Å². The summed E-state index contributed by atoms with van der Waals surface area (Å²) in [6, 6.07) is 12.1. The number of carbonyl (C=O) groups is 3. The summed E-state index contributed by atoms with van der Waals surface area (Å²) in [7, 11) is 0. The molecular weight excluding hydrogens is 508 g/mol. The van der Waals surface area contributed by atoms with Gasteiger partial charge in [0.25, 0.3) is 5.91 Å². The summed E-state index contributed by atoms with van der Waals surface area (Å²) in [4.78, 5) is 40.8. The van der Waals surface area contributed by atoms with E-state index in [1.807, 2.05) is 24.3 Å². The van der Waals surface area contributed by atoms with Crippen molar-refractivity contribution in [3.63, 3.8) is 0 Å². The van der Waals surface area contributed by atoms with Crippen LogP contribution in [0.4, 0.5) is 8.78 Å². The lowest BCUT2D eigenvalue weighted by molar-refractivity contribution is -0.136. The van der Waals surface area contributed by atoms with Crippen LogP contribution in [0.1, 0.15) is 65.9 Å². The Morgan fingerprint density at radius 1 is 0.923 bits per heavy atom. The number of fused-ring (bicyclic) bond motifs is 1. The minimum Gasteiger partial charge on any atom is -0.489 e. The smallest absolute Gasteiger partial charge is 0.387 e. The molecule has 0 radical (unpaired) electrons. The fourth-order valence-electron chi connectivity index (χ4n) is 6.35. The fraction of sp³-hybridized carbons (Fsp3) is 0.483. The number of amides is 3. The first-order valence-electron chi connectivity index (χ1n) is 13.6. The number of ether oxygens (including phenoxy) is 2. The van der Waals surface area contributed by atoms with Gasteiger partial charge in [0.1, 0.15) is 23.6 Å². The molecular formula is C29H31F2N3O5. The molecule has 8 nitrogen and oxygen atoms in total. The highest BCUT2D eigenvalue weighted by atomic mass is 19.3. The van der Waals surface area contributed by atoms with E-state index in [1.165, 1.54) is 0 Å². The summed E-state index contributed by atoms with van der Waals surface area (Å²) in [5.41, 5.74) is 2.52. The number of carbonyl (C=O) groups excluding carboxylic acids is 3. The van der Waals surface area contributed by atoms with E-state index >= 15 is 0 Å². The lowest BCUT2D eigenvalue weighted by Gasteiger charge is -2.48. The predicted octanol–water partition coefficient (Wildman–Crippen LogP) is 3.84. The molecule has 0 aromatic heterocycles. The number of nitrogens with zero attached hydrogens (tertiary/aromatic N) is 2. The summed E-state index contributed by atoms with van der Waals surface area (Å²) in [6.45, 7) is -0.729. The topological polar surface area (TPSA) is 88.2 Å². The second kappa shape index (κ2) is 10.6. The SMILES string of the molecule is O=C1CCC(N2Cc3cc(O[C@@H]4CCCC[C@@H]4N4CC(c5ccc(OC(F)F)cc5)C4)ccc3C2=O)C(=O)N1. The molecule has 1 aliphatic carbocycles. The van der Waals surface area contributed by atoms with E-state index in [0.717, 1.165) is 55.6 Å². The third-order valence-corrected chi connectivity index (χ3v) is 8.41. The number of benzene rings is 2. The van der Waals surface area contributed by atoms with E-state index in [4.69, 9.17) is 4.74 Å². The van der Waals surface area contributed by atoms with E-state index in [2.05, 4.69) is 15.0 Å². The summed E-state index contributed by atoms with van der Waals surface area (Å²) >= 11 is 0. The lowest BCUT2D eigenvalue weighted by atomic mass is 9.84. The molecule has 1 N–H and O–H groups in total. The van der Waals surface area contributed by atoms with E-state index < -0.39 is 18.6 Å². The van der Waals surface area contributed by atoms with Crippen LogP contribution < -0.4 is 14.8 Å². The van der Waals surface area contributed by atoms with Crippen molar-refractivity contribution >= 4 is 17.7 Å². The first-order valence-corrected chi connectivity index (χ1v) is 13.6. The predicted molar refractivity (Wildman–Crippen MR) is 137 cm³/mol. The van der Waals surface area contributed by atoms with E-state index in [0.29, 0.717) is 24.4 Å². The number of nitrogens with one attached hydrogen (secondary N) is 1. The minimum absolute atomic E-state index is 0.0305. The maximum Gasteiger partial charge on any atom is 0.387 e. The van der Waals surface area contributed by atoms with Crippen LogP contribution in [0.15, 0.2) is 42.5 Å². The normalized spacial score (nSPS) is 25.9. The molecule has 39 heavy (non-hydrogen) atoms. The van der Waals surface area contributed by atoms with E-state index in [-0.39, 0.29) is 36.1 Å². The zero-order valence-electron chi connectivity index (χ0n) is 21.5. The second-order valence-corrected chi connectivity index (χ2v) is 10.8. The molecule has 2 saturated heterocycles. The third kappa shape index (κ3) is 5.22. The van der Waals surface area contributed by atoms with Crippen LogP contribution in [0, 0.1) is 0 Å². The van der Waals surface area contributed by atoms with Gasteiger partial charge in [-0.05, 0) is 67.1 Å². The van der Waals surface area contributed by atoms with Gasteiger partial charge in [-0.1, -0.05) is 18.6 Å². The van der Waals surface area contributed by atoms with Gasteiger partial charge in [0, 0.05) is 43.6 Å². The van der Waals surface area contributed by atoms with Gasteiger partial charge in [-0.2, -0.15) is 8.78 Å². The standard InChI is InChI=1S/C29H31F2N3O5/c30-29(31)39-20-7-5-17(6-8-20)19-14-33(15-19)23-3-1-2-4-25(23)38-21-9-10-22-18(13-21)16-34(28(22)37)24-11-12-26(35)32-27(24)36/h5-10,13,19,23-25,29H,1-4,11-12,14-16H2,(H,32,35,36)/t23-,24?,25+/m0/s1. The molecule has 3 heterocycles. The highest BCUT2D eigenvalue weighted by molar-refractivity contribution is 6.05. The highest BCUT2D eigenvalue weighted by Crippen LogP contribution is 2.37. The van der Waals surface area contributed by atoms with Crippen molar-refractivity contribution in [2.24, 2.45) is 0 Å². The van der Waals surface area contributed by atoms with Gasteiger partial charge in [0.2, 0.25) is 11.8 Å². The molecule has 0 spiro atoms. The first-order chi connectivity index (χ1) is 18.9. The largest absolute Gasteiger partial charge is 0.489 e. The maximum absolute atomic E-state index is 13.0. The number of piperidine rings is 1. The van der Waals surface area contributed by atoms with Crippen LogP contribution in [-0.4, -0.2) is 65.4 Å². The van der Waals surface area contributed by atoms with Gasteiger partial charge in [0.15, 0.2) is 0 Å². The van der Waals surface area contributed by atoms with Crippen LogP contribution >= 0.6 is 0 Å². The summed E-state index contributed by atoms with van der Waals surface area (Å²) < 4.78 is 35.8. The maximum atomic E-state index is 13.0. The highest BCUT2D eigenvalue weighted by Gasteiger charge is 2.41. The Morgan fingerprint density at radius 2 is 1.67 bits per heavy atom. The number of halogens is 2. The number of rotatable bonds is 7. The molecule has 206 valence electrons. The summed E-state index contributed by atoms with van der Waals surface area (Å²) in [5, 5.41) is 2.33. The molecule has 1 saturated carbocycles. The van der Waals surface area contributed by atoms with Crippen LogP contribution in [0.3, 0.4) is 0 Å². The molecule has 3 aliphatic heterocycles. The van der Waals surface area contributed by atoms with Gasteiger partial charge in [-0.15, -0.1) is 0 Å². The number of hydrogen-bond donors (Lipinski definition) is 1. The number of imide groups is 1. The fourth-order valence-corrected chi connectivity index (χ4v) is 6.35. The molecule has 3 atom stereocenters. The van der Waals surface area contributed by atoms with Crippen LogP contribution in [-0.2, 0) is 16.1 Å². The average Bonchev–Trinajstić information content (AvgIpc) is 3.20. The molecule has 4 aliphatic rings. The van der Waals surface area contributed by atoms with Gasteiger partial charge in [-0.25, -0.2) is 0 Å². The van der Waals surface area contributed by atoms with Gasteiger partial charge < -0.3 is 14.4 Å². The molecule has 10 heteroatoms. The molecule has 3 amide bonds. The Labute approximate surface area is 225 Å². The zero-order chi connectivity index (χ0) is 27.1. The van der Waals surface area contributed by atoms with Crippen molar-refractivity contribution in [2.45, 2.75) is 75.8 Å². The van der Waals surface area contributed by atoms with Crippen LogP contribution in [0.5, 0.6) is 11.5 Å². The Morgan fingerprint density at radius 3 is 2.41 bits per heavy atom. The number of hydrogen-bond acceptors (Lipinski definition) is 6. The zero-order valence-corrected chi connectivity index (χ0v) is 21.5. The van der Waals surface area contributed by atoms with Gasteiger partial charge in [0.05, 0.1) is 0 Å². The van der Waals surface area contributed by atoms with Crippen LogP contribution in [0.2, 0.25) is 0 Å². The van der Waals surface area contributed by atoms with Gasteiger partial charge >= 0.3 is 6.61 Å². The molecule has 2 aromatic carbocycles. The lowest BCUT2D eigenvalue weighted by Crippen LogP contribution is -2.57. The molecule has 2 aromatic rings. The summed E-state index contributed by atoms with van der Waals surface area (Å²) in [6.07, 6.45) is 4.82. The Hall–Kier alpha value is -3.53. The van der Waals surface area contributed by atoms with E-state index in [9.17, 15) is 23.2 Å². The average molecular weight is 540 g/mol. The third-order valence-electron chi connectivity index (χ3n) is 8.41. The van der Waals surface area contributed by atoms with Crippen molar-refractivity contribution in [1.29, 1.82) is 0 Å². The van der Waals surface area contributed by atoms with Gasteiger partial charge in [-0.3, -0.25) is 24.6 Å². The second-order valence-electron chi connectivity index (χ2n) is 10.8. The monoisotopic (exact) mass is 539 g/mol. The van der Waals surface area contributed by atoms with Crippen molar-refractivity contribution in [3.05, 3.63) is 59.2 Å². The van der Waals surface area contributed by atoms with E-state index in [1.54, 1.807) is 23.1 Å². The van der Waals surface area contributed by atoms with Crippen molar-refractivity contribution in [3.8, 4) is 11.5 Å². The first kappa shape index (κ1) is 25.7. The van der Waals surface area contributed by atoms with Crippen molar-refractivity contribution in [1.82, 2.24) is 15.1 Å². The summed E-state index contributed by atoms with van der Waals surface area (Å²) in [5.74, 6) is 0.319. The molecule has 0 bridgehead atoms. The molecule has 3 fully saturated rings. The molecule has 6 rings (SSSR count). The Kier molecular flexibility index (Phi) is 6.97. The molecule has 1 unspecified atom stereocenters. The van der Waals surface area contributed by atoms with Crippen molar-refractivity contribution < 1.29 is 32.6 Å². The Bertz CT molecular complexity index is 1260. The number of likely N-dealkylation sites (tertiary alicyclic amines) is 1. The minimum atomic E-state index is -2.83. The van der Waals surface area contributed by atoms with Crippen LogP contribution in [0.25, 0.3) is 0 Å². The Balaban J connectivity index is 1.08. The quantitative estimate of drug-likeness (QED) is 0.538. The number of alkyl halides is 2.